The Hall–Kier alpha value is -2.61. The molecule has 7 nitrogen and oxygen atoms in total. The Bertz CT molecular complexity index is 812. The Balaban J connectivity index is 0.00000364. The highest BCUT2D eigenvalue weighted by Crippen LogP contribution is 2.15. The normalized spacial score (nSPS) is 10.5. The van der Waals surface area contributed by atoms with E-state index in [4.69, 9.17) is 5.73 Å². The number of hydrogen-bond acceptors (Lipinski definition) is 4. The number of nitrogens with one attached hydrogen (secondary N) is 2. The molecule has 2 aromatic rings. The molecule has 0 aliphatic carbocycles. The number of nitrogens with zero attached hydrogens (tertiary/aromatic N) is 2. The van der Waals surface area contributed by atoms with Gasteiger partial charge in [0, 0.05) is 29.0 Å². The molecule has 0 atom stereocenters. The van der Waals surface area contributed by atoms with E-state index in [0.717, 1.165) is 12.1 Å². The third kappa shape index (κ3) is 7.96. The molecule has 0 unspecified atom stereocenters. The Morgan fingerprint density at radius 3 is 2.32 bits per heavy atom. The Labute approximate surface area is 177 Å². The molecule has 2 aromatic carbocycles. The van der Waals surface area contributed by atoms with E-state index in [2.05, 4.69) is 15.6 Å². The minimum absolute atomic E-state index is 0. The summed E-state index contributed by atoms with van der Waals surface area (Å²) in [4.78, 5) is 29.3. The maximum absolute atomic E-state index is 12.4. The molecule has 152 valence electrons. The third-order valence-electron chi connectivity index (χ3n) is 3.60. The lowest BCUT2D eigenvalue weighted by atomic mass is 10.1. The fourth-order valence-corrected chi connectivity index (χ4v) is 2.24. The van der Waals surface area contributed by atoms with Crippen LogP contribution in [-0.2, 0) is 4.79 Å². The average Bonchev–Trinajstić information content (AvgIpc) is 2.62. The summed E-state index contributed by atoms with van der Waals surface area (Å²) in [6.07, 6.45) is 0.568. The molecule has 0 aromatic heterocycles. The molecule has 0 fully saturated rings. The van der Waals surface area contributed by atoms with E-state index in [-0.39, 0.29) is 30.7 Å². The minimum Gasteiger partial charge on any atom is -0.384 e. The van der Waals surface area contributed by atoms with Crippen molar-refractivity contribution >= 4 is 54.3 Å². The van der Waals surface area contributed by atoms with E-state index < -0.39 is 0 Å². The zero-order chi connectivity index (χ0) is 18.9. The van der Waals surface area contributed by atoms with Crippen molar-refractivity contribution in [3.05, 3.63) is 59.7 Å². The van der Waals surface area contributed by atoms with Crippen molar-refractivity contribution in [1.82, 2.24) is 4.90 Å². The highest BCUT2D eigenvalue weighted by atomic mass is 35.5. The topological polar surface area (TPSA) is 99.8 Å². The molecular weight excluding hydrogens is 401 g/mol. The first-order chi connectivity index (χ1) is 12.5. The summed E-state index contributed by atoms with van der Waals surface area (Å²) in [6.45, 7) is 1.41. The number of benzene rings is 2. The number of nitrogens with two attached hydrogens (primary N) is 1. The molecule has 0 spiro atoms. The summed E-state index contributed by atoms with van der Waals surface area (Å²) in [5.74, 6) is 0.153. The van der Waals surface area contributed by atoms with Crippen molar-refractivity contribution in [3.8, 4) is 0 Å². The van der Waals surface area contributed by atoms with Gasteiger partial charge in [-0.15, -0.1) is 24.8 Å². The average molecular weight is 426 g/mol. The molecule has 4 N–H and O–H groups in total. The second-order valence-corrected chi connectivity index (χ2v) is 5.95. The van der Waals surface area contributed by atoms with Gasteiger partial charge in [0.05, 0.1) is 6.54 Å². The van der Waals surface area contributed by atoms with E-state index in [0.29, 0.717) is 35.7 Å². The lowest BCUT2D eigenvalue weighted by Crippen LogP contribution is -2.20. The summed E-state index contributed by atoms with van der Waals surface area (Å²) in [5.41, 5.74) is 8.38. The molecule has 0 aliphatic rings. The smallest absolute Gasteiger partial charge is 0.255 e. The predicted octanol–water partition coefficient (Wildman–Crippen LogP) is 2.62. The van der Waals surface area contributed by atoms with Crippen LogP contribution in [0.3, 0.4) is 0 Å². The lowest BCUT2D eigenvalue weighted by Gasteiger charge is -2.09. The number of halogens is 2. The van der Waals surface area contributed by atoms with Gasteiger partial charge >= 0.3 is 0 Å². The van der Waals surface area contributed by atoms with E-state index >= 15 is 0 Å². The molecule has 0 saturated heterocycles. The van der Waals surface area contributed by atoms with Gasteiger partial charge in [-0.3, -0.25) is 14.6 Å². The maximum atomic E-state index is 12.4. The van der Waals surface area contributed by atoms with Gasteiger partial charge in [0.2, 0.25) is 6.41 Å². The number of amides is 2. The summed E-state index contributed by atoms with van der Waals surface area (Å²) in [7, 11) is 3.95. The summed E-state index contributed by atoms with van der Waals surface area (Å²) in [6, 6.07) is 13.9. The van der Waals surface area contributed by atoms with Crippen LogP contribution in [0.4, 0.5) is 11.4 Å². The third-order valence-corrected chi connectivity index (χ3v) is 3.60. The van der Waals surface area contributed by atoms with Crippen LogP contribution >= 0.6 is 24.8 Å². The van der Waals surface area contributed by atoms with Crippen molar-refractivity contribution in [2.24, 2.45) is 10.7 Å². The number of hydrogen-bond donors (Lipinski definition) is 3. The van der Waals surface area contributed by atoms with Gasteiger partial charge in [-0.25, -0.2) is 0 Å². The first-order valence-corrected chi connectivity index (χ1v) is 8.16. The number of carbonyl (C=O) groups is 2. The molecule has 2 rings (SSSR count). The minimum atomic E-state index is -0.278. The summed E-state index contributed by atoms with van der Waals surface area (Å²) < 4.78 is 0. The number of anilines is 2. The molecule has 0 heterocycles. The molecular formula is C19H25Cl2N5O2. The van der Waals surface area contributed by atoms with Crippen LogP contribution in [0.1, 0.15) is 15.9 Å². The SMILES string of the molecule is CN(C)CCN=C(N)c1cccc(NC(=O)c2cccc(NC=O)c2)c1.Cl.Cl. The van der Waals surface area contributed by atoms with Gasteiger partial charge in [-0.05, 0) is 44.4 Å². The molecule has 0 bridgehead atoms. The highest BCUT2D eigenvalue weighted by Gasteiger charge is 2.08. The number of carbonyl (C=O) groups excluding carboxylic acids is 2. The number of aliphatic imine (C=N–C) groups is 1. The van der Waals surface area contributed by atoms with Gasteiger partial charge < -0.3 is 21.3 Å². The highest BCUT2D eigenvalue weighted by molar-refractivity contribution is 6.06. The van der Waals surface area contributed by atoms with Crippen LogP contribution in [0.5, 0.6) is 0 Å². The predicted molar refractivity (Wildman–Crippen MR) is 119 cm³/mol. The van der Waals surface area contributed by atoms with E-state index in [1.807, 2.05) is 31.1 Å². The van der Waals surface area contributed by atoms with Crippen molar-refractivity contribution in [2.45, 2.75) is 0 Å². The Kier molecular flexibility index (Phi) is 11.5. The number of amidine groups is 1. The molecule has 9 heteroatoms. The fourth-order valence-electron chi connectivity index (χ4n) is 2.24. The second-order valence-electron chi connectivity index (χ2n) is 5.95. The molecule has 0 aliphatic heterocycles. The van der Waals surface area contributed by atoms with Gasteiger partial charge in [0.1, 0.15) is 5.84 Å². The molecule has 2 amide bonds. The van der Waals surface area contributed by atoms with Crippen molar-refractivity contribution in [3.63, 3.8) is 0 Å². The summed E-state index contributed by atoms with van der Waals surface area (Å²) in [5, 5.41) is 5.35. The second kappa shape index (κ2) is 12.7. The van der Waals surface area contributed by atoms with Gasteiger partial charge in [0.25, 0.3) is 5.91 Å². The number of rotatable bonds is 8. The first kappa shape index (κ1) is 25.4. The Morgan fingerprint density at radius 1 is 1.07 bits per heavy atom. The van der Waals surface area contributed by atoms with Crippen LogP contribution in [0, 0.1) is 0 Å². The van der Waals surface area contributed by atoms with Crippen LogP contribution in [-0.4, -0.2) is 50.2 Å². The molecule has 0 radical (unpaired) electrons. The van der Waals surface area contributed by atoms with Crippen molar-refractivity contribution < 1.29 is 9.59 Å². The van der Waals surface area contributed by atoms with Crippen molar-refractivity contribution in [2.75, 3.05) is 37.8 Å². The lowest BCUT2D eigenvalue weighted by molar-refractivity contribution is -0.105. The van der Waals surface area contributed by atoms with Crippen LogP contribution in [0.15, 0.2) is 53.5 Å². The monoisotopic (exact) mass is 425 g/mol. The zero-order valence-electron chi connectivity index (χ0n) is 15.7. The standard InChI is InChI=1S/C19H23N5O2.2ClH/c1-24(2)10-9-21-18(20)14-5-3-8-17(11-14)23-19(26)15-6-4-7-16(12-15)22-13-25;;/h3-8,11-13H,9-10H2,1-2H3,(H2,20,21)(H,22,25)(H,23,26);2*1H. The van der Waals surface area contributed by atoms with E-state index in [9.17, 15) is 9.59 Å². The number of likely N-dealkylation sites (N-methyl/N-ethyl adjacent to an activating group) is 1. The molecule has 28 heavy (non-hydrogen) atoms. The zero-order valence-corrected chi connectivity index (χ0v) is 17.3. The van der Waals surface area contributed by atoms with Crippen LogP contribution in [0.25, 0.3) is 0 Å². The first-order valence-electron chi connectivity index (χ1n) is 8.16. The largest absolute Gasteiger partial charge is 0.384 e. The van der Waals surface area contributed by atoms with Crippen LogP contribution < -0.4 is 16.4 Å². The van der Waals surface area contributed by atoms with E-state index in [1.54, 1.807) is 36.4 Å². The van der Waals surface area contributed by atoms with Gasteiger partial charge in [-0.1, -0.05) is 18.2 Å². The Morgan fingerprint density at radius 2 is 1.68 bits per heavy atom. The van der Waals surface area contributed by atoms with Gasteiger partial charge in [-0.2, -0.15) is 0 Å². The maximum Gasteiger partial charge on any atom is 0.255 e. The van der Waals surface area contributed by atoms with Crippen molar-refractivity contribution in [1.29, 1.82) is 0 Å². The summed E-state index contributed by atoms with van der Waals surface area (Å²) >= 11 is 0. The molecule has 0 saturated carbocycles. The van der Waals surface area contributed by atoms with Crippen LogP contribution in [0.2, 0.25) is 0 Å². The quantitative estimate of drug-likeness (QED) is 0.343. The fraction of sp³-hybridized carbons (Fsp3) is 0.211. The van der Waals surface area contributed by atoms with Gasteiger partial charge in [0.15, 0.2) is 0 Å². The van der Waals surface area contributed by atoms with E-state index in [1.165, 1.54) is 0 Å².